The summed E-state index contributed by atoms with van der Waals surface area (Å²) in [4.78, 5) is 30.9. The Balaban J connectivity index is 1.56. The summed E-state index contributed by atoms with van der Waals surface area (Å²) in [7, 11) is 0. The van der Waals surface area contributed by atoms with Gasteiger partial charge in [-0.3, -0.25) is 4.79 Å². The number of anilines is 2. The first-order chi connectivity index (χ1) is 14.4. The molecule has 0 spiro atoms. The second kappa shape index (κ2) is 9.59. The number of nitrogens with zero attached hydrogens (tertiary/aromatic N) is 2. The average molecular weight is 426 g/mol. The Kier molecular flexibility index (Phi) is 6.90. The van der Waals surface area contributed by atoms with Crippen molar-refractivity contribution in [1.82, 2.24) is 4.98 Å². The molecule has 3 aromatic rings. The fourth-order valence-corrected chi connectivity index (χ4v) is 3.38. The molecule has 1 amide bonds. The van der Waals surface area contributed by atoms with Gasteiger partial charge in [-0.1, -0.05) is 11.6 Å². The topological polar surface area (TPSA) is 71.5 Å². The van der Waals surface area contributed by atoms with Crippen LogP contribution in [-0.4, -0.2) is 36.1 Å². The molecule has 30 heavy (non-hydrogen) atoms. The van der Waals surface area contributed by atoms with Crippen LogP contribution < -0.4 is 10.2 Å². The van der Waals surface area contributed by atoms with Crippen LogP contribution in [0.25, 0.3) is 10.9 Å². The van der Waals surface area contributed by atoms with Crippen LogP contribution in [0, 0.1) is 0 Å². The van der Waals surface area contributed by atoms with Gasteiger partial charge in [0.1, 0.15) is 5.15 Å². The number of halogens is 1. The van der Waals surface area contributed by atoms with Gasteiger partial charge in [-0.15, -0.1) is 0 Å². The van der Waals surface area contributed by atoms with Crippen LogP contribution in [0.1, 0.15) is 31.1 Å². The van der Waals surface area contributed by atoms with E-state index in [0.717, 1.165) is 17.6 Å². The summed E-state index contributed by atoms with van der Waals surface area (Å²) in [5, 5.41) is 3.89. The number of esters is 1. The molecule has 0 bridgehead atoms. The average Bonchev–Trinajstić information content (AvgIpc) is 2.73. The highest BCUT2D eigenvalue weighted by atomic mass is 35.5. The molecule has 0 saturated carbocycles. The molecule has 6 nitrogen and oxygen atoms in total. The molecule has 2 aromatic carbocycles. The number of amides is 1. The second-order valence-electron chi connectivity index (χ2n) is 7.09. The lowest BCUT2D eigenvalue weighted by Gasteiger charge is -2.27. The van der Waals surface area contributed by atoms with Gasteiger partial charge in [0.2, 0.25) is 0 Å². The van der Waals surface area contributed by atoms with Crippen molar-refractivity contribution in [2.75, 3.05) is 23.4 Å². The van der Waals surface area contributed by atoms with E-state index in [1.165, 1.54) is 0 Å². The van der Waals surface area contributed by atoms with Crippen molar-refractivity contribution in [2.45, 2.75) is 26.8 Å². The van der Waals surface area contributed by atoms with Gasteiger partial charge in [-0.05, 0) is 75.4 Å². The van der Waals surface area contributed by atoms with Gasteiger partial charge in [-0.25, -0.2) is 9.78 Å². The lowest BCUT2D eigenvalue weighted by Crippen LogP contribution is -2.30. The molecule has 7 heteroatoms. The SMILES string of the molecule is CCN(c1ccc(NC(=O)COC(=O)c2ccc3nc(Cl)ccc3c2)cc1)C(C)C. The van der Waals surface area contributed by atoms with Gasteiger partial charge < -0.3 is 15.0 Å². The first-order valence-corrected chi connectivity index (χ1v) is 10.1. The Morgan fingerprint density at radius 2 is 1.83 bits per heavy atom. The fourth-order valence-electron chi connectivity index (χ4n) is 3.22. The van der Waals surface area contributed by atoms with Gasteiger partial charge >= 0.3 is 5.97 Å². The van der Waals surface area contributed by atoms with Crippen molar-refractivity contribution in [1.29, 1.82) is 0 Å². The van der Waals surface area contributed by atoms with Crippen molar-refractivity contribution in [2.24, 2.45) is 0 Å². The number of aromatic nitrogens is 1. The smallest absolute Gasteiger partial charge is 0.338 e. The molecule has 0 radical (unpaired) electrons. The molecule has 1 heterocycles. The Bertz CT molecular complexity index is 1050. The lowest BCUT2D eigenvalue weighted by atomic mass is 10.1. The van der Waals surface area contributed by atoms with E-state index in [1.54, 1.807) is 30.3 Å². The van der Waals surface area contributed by atoms with E-state index in [-0.39, 0.29) is 6.61 Å². The van der Waals surface area contributed by atoms with E-state index in [9.17, 15) is 9.59 Å². The van der Waals surface area contributed by atoms with Crippen molar-refractivity contribution in [3.05, 3.63) is 65.3 Å². The number of hydrogen-bond acceptors (Lipinski definition) is 5. The maximum atomic E-state index is 12.3. The van der Waals surface area contributed by atoms with E-state index in [1.807, 2.05) is 24.3 Å². The van der Waals surface area contributed by atoms with Crippen LogP contribution in [0.2, 0.25) is 5.15 Å². The summed E-state index contributed by atoms with van der Waals surface area (Å²) in [6.45, 7) is 6.90. The molecule has 1 aromatic heterocycles. The number of rotatable bonds is 7. The third kappa shape index (κ3) is 5.27. The highest BCUT2D eigenvalue weighted by Gasteiger charge is 2.12. The highest BCUT2D eigenvalue weighted by Crippen LogP contribution is 2.20. The molecule has 0 fully saturated rings. The Morgan fingerprint density at radius 3 is 2.50 bits per heavy atom. The third-order valence-corrected chi connectivity index (χ3v) is 4.88. The number of carbonyl (C=O) groups excluding carboxylic acids is 2. The van der Waals surface area contributed by atoms with Gasteiger partial charge in [0, 0.05) is 29.3 Å². The maximum absolute atomic E-state index is 12.3. The Labute approximate surface area is 180 Å². The van der Waals surface area contributed by atoms with E-state index < -0.39 is 11.9 Å². The zero-order valence-corrected chi connectivity index (χ0v) is 17.9. The number of benzene rings is 2. The number of carbonyl (C=O) groups is 2. The molecular formula is C23H24ClN3O3. The molecule has 0 unspecified atom stereocenters. The largest absolute Gasteiger partial charge is 0.452 e. The summed E-state index contributed by atoms with van der Waals surface area (Å²) >= 11 is 5.87. The van der Waals surface area contributed by atoms with Crippen LogP contribution in [0.5, 0.6) is 0 Å². The Morgan fingerprint density at radius 1 is 1.10 bits per heavy atom. The number of ether oxygens (including phenoxy) is 1. The lowest BCUT2D eigenvalue weighted by molar-refractivity contribution is -0.119. The molecule has 0 aliphatic heterocycles. The van der Waals surface area contributed by atoms with Crippen LogP contribution in [0.15, 0.2) is 54.6 Å². The summed E-state index contributed by atoms with van der Waals surface area (Å²) in [5.74, 6) is -0.977. The van der Waals surface area contributed by atoms with E-state index in [2.05, 4.69) is 36.0 Å². The molecule has 0 aliphatic rings. The minimum absolute atomic E-state index is 0.345. The first-order valence-electron chi connectivity index (χ1n) is 9.77. The number of pyridine rings is 1. The minimum Gasteiger partial charge on any atom is -0.452 e. The molecule has 0 aliphatic carbocycles. The van der Waals surface area contributed by atoms with Crippen LogP contribution in [0.3, 0.4) is 0 Å². The Hall–Kier alpha value is -3.12. The third-order valence-electron chi connectivity index (χ3n) is 4.67. The predicted octanol–water partition coefficient (Wildman–Crippen LogP) is 4.92. The summed E-state index contributed by atoms with van der Waals surface area (Å²) < 4.78 is 5.14. The summed E-state index contributed by atoms with van der Waals surface area (Å²) in [5.41, 5.74) is 2.76. The second-order valence-corrected chi connectivity index (χ2v) is 7.48. The first kappa shape index (κ1) is 21.6. The van der Waals surface area contributed by atoms with Crippen LogP contribution >= 0.6 is 11.6 Å². The number of hydrogen-bond donors (Lipinski definition) is 1. The number of nitrogens with one attached hydrogen (secondary N) is 1. The van der Waals surface area contributed by atoms with Crippen molar-refractivity contribution >= 4 is 45.8 Å². The number of fused-ring (bicyclic) bond motifs is 1. The van der Waals surface area contributed by atoms with Gasteiger partial charge in [0.25, 0.3) is 5.91 Å². The van der Waals surface area contributed by atoms with Crippen LogP contribution in [0.4, 0.5) is 11.4 Å². The van der Waals surface area contributed by atoms with Crippen molar-refractivity contribution in [3.8, 4) is 0 Å². The molecule has 1 N–H and O–H groups in total. The maximum Gasteiger partial charge on any atom is 0.338 e. The monoisotopic (exact) mass is 425 g/mol. The standard InChI is InChI=1S/C23H24ClN3O3/c1-4-27(15(2)3)19-9-7-18(8-10-19)25-22(28)14-30-23(29)17-5-11-20-16(13-17)6-12-21(24)26-20/h5-13,15H,4,14H2,1-3H3,(H,25,28). The van der Waals surface area contributed by atoms with Gasteiger partial charge in [0.05, 0.1) is 11.1 Å². The fraction of sp³-hybridized carbons (Fsp3) is 0.261. The normalized spacial score (nSPS) is 10.8. The van der Waals surface area contributed by atoms with Crippen molar-refractivity contribution in [3.63, 3.8) is 0 Å². The zero-order valence-electron chi connectivity index (χ0n) is 17.2. The summed E-state index contributed by atoms with van der Waals surface area (Å²) in [6, 6.07) is 16.3. The van der Waals surface area contributed by atoms with Crippen molar-refractivity contribution < 1.29 is 14.3 Å². The summed E-state index contributed by atoms with van der Waals surface area (Å²) in [6.07, 6.45) is 0. The minimum atomic E-state index is -0.576. The van der Waals surface area contributed by atoms with E-state index >= 15 is 0 Å². The zero-order chi connectivity index (χ0) is 21.7. The van der Waals surface area contributed by atoms with Gasteiger partial charge in [-0.2, -0.15) is 0 Å². The molecule has 0 saturated heterocycles. The van der Waals surface area contributed by atoms with E-state index in [4.69, 9.17) is 16.3 Å². The molecular weight excluding hydrogens is 402 g/mol. The van der Waals surface area contributed by atoms with E-state index in [0.29, 0.717) is 28.0 Å². The quantitative estimate of drug-likeness (QED) is 0.429. The highest BCUT2D eigenvalue weighted by molar-refractivity contribution is 6.29. The molecule has 0 atom stereocenters. The molecule has 3 rings (SSSR count). The molecule has 156 valence electrons. The van der Waals surface area contributed by atoms with Crippen LogP contribution in [-0.2, 0) is 9.53 Å². The predicted molar refractivity (Wildman–Crippen MR) is 120 cm³/mol. The van der Waals surface area contributed by atoms with Gasteiger partial charge in [0.15, 0.2) is 6.61 Å².